The molecule has 160 valence electrons. The minimum Gasteiger partial charge on any atom is -0.317 e. The van der Waals surface area contributed by atoms with Crippen LogP contribution in [0.2, 0.25) is 0 Å². The number of anilines is 5. The molecule has 3 nitrogen and oxygen atoms in total. The lowest BCUT2D eigenvalue weighted by atomic mass is 10.2. The monoisotopic (exact) mass is 445 g/mol. The highest BCUT2D eigenvalue weighted by Crippen LogP contribution is 2.39. The fourth-order valence-corrected chi connectivity index (χ4v) is 4.84. The summed E-state index contributed by atoms with van der Waals surface area (Å²) >= 11 is 0. The van der Waals surface area contributed by atoms with E-state index in [4.69, 9.17) is 0 Å². The highest BCUT2D eigenvalue weighted by Gasteiger charge is 2.14. The molecule has 0 saturated heterocycles. The topological polar surface area (TPSA) is 19.4 Å². The van der Waals surface area contributed by atoms with Crippen molar-refractivity contribution in [2.75, 3.05) is 9.57 Å². The molecule has 0 fully saturated rings. The molecule has 0 aliphatic rings. The molecule has 1 aromatic heterocycles. The van der Waals surface area contributed by atoms with E-state index in [1.165, 1.54) is 0 Å². The molecule has 4 heteroatoms. The van der Waals surface area contributed by atoms with Gasteiger partial charge in [0.05, 0.1) is 5.44 Å². The van der Waals surface area contributed by atoms with Crippen LogP contribution in [-0.4, -0.2) is 4.98 Å². The van der Waals surface area contributed by atoms with E-state index in [1.54, 1.807) is 0 Å². The summed E-state index contributed by atoms with van der Waals surface area (Å²) in [6.07, 6.45) is 1.85. The second-order valence-electron chi connectivity index (χ2n) is 7.52. The van der Waals surface area contributed by atoms with E-state index in [0.29, 0.717) is 8.73 Å². The van der Waals surface area contributed by atoms with E-state index in [9.17, 15) is 0 Å². The van der Waals surface area contributed by atoms with Crippen molar-refractivity contribution in [1.29, 1.82) is 0 Å². The second kappa shape index (κ2) is 10.1. The Hall–Kier alpha value is -3.94. The van der Waals surface area contributed by atoms with Crippen LogP contribution in [0.25, 0.3) is 0 Å². The number of nitrogens with zero attached hydrogens (tertiary/aromatic N) is 3. The Morgan fingerprint density at radius 3 is 1.36 bits per heavy atom. The van der Waals surface area contributed by atoms with Crippen molar-refractivity contribution in [2.24, 2.45) is 0 Å². The largest absolute Gasteiger partial charge is 0.317 e. The summed E-state index contributed by atoms with van der Waals surface area (Å²) in [5, 5.41) is 0. The maximum atomic E-state index is 4.56. The van der Waals surface area contributed by atoms with Crippen LogP contribution in [-0.2, 0) is 0 Å². The first-order chi connectivity index (χ1) is 16.4. The van der Waals surface area contributed by atoms with Crippen molar-refractivity contribution >= 4 is 42.6 Å². The minimum atomic E-state index is 0.396. The molecule has 4 aromatic carbocycles. The summed E-state index contributed by atoms with van der Waals surface area (Å²) in [6.45, 7) is 0. The quantitative estimate of drug-likeness (QED) is 0.240. The first kappa shape index (κ1) is 20.9. The highest BCUT2D eigenvalue weighted by molar-refractivity contribution is 7.49. The highest BCUT2D eigenvalue weighted by atomic mass is 31.1. The van der Waals surface area contributed by atoms with Crippen LogP contribution in [0, 0.1) is 0 Å². The first-order valence-corrected chi connectivity index (χ1v) is 11.9. The molecule has 0 N–H and O–H groups in total. The van der Waals surface area contributed by atoms with Gasteiger partial charge in [0, 0.05) is 43.4 Å². The van der Waals surface area contributed by atoms with Crippen molar-refractivity contribution in [3.8, 4) is 0 Å². The molecule has 0 saturated carbocycles. The average Bonchev–Trinajstić information content (AvgIpc) is 2.90. The second-order valence-corrected chi connectivity index (χ2v) is 8.70. The predicted octanol–water partition coefficient (Wildman–Crippen LogP) is 7.61. The van der Waals surface area contributed by atoms with Gasteiger partial charge in [0.15, 0.2) is 0 Å². The van der Waals surface area contributed by atoms with Crippen LogP contribution in [0.15, 0.2) is 140 Å². The summed E-state index contributed by atoms with van der Waals surface area (Å²) in [5.74, 6) is 0. The number of para-hydroxylation sites is 3. The lowest BCUT2D eigenvalue weighted by Crippen LogP contribution is -2.13. The molecule has 1 heterocycles. The third-order valence-electron chi connectivity index (χ3n) is 5.30. The molecule has 0 aliphatic heterocycles. The van der Waals surface area contributed by atoms with Gasteiger partial charge in [-0.1, -0.05) is 60.7 Å². The van der Waals surface area contributed by atoms with Crippen LogP contribution in [0.4, 0.5) is 28.4 Å². The van der Waals surface area contributed by atoms with E-state index in [-0.39, 0.29) is 0 Å². The Labute approximate surface area is 196 Å². The van der Waals surface area contributed by atoms with Gasteiger partial charge in [0.2, 0.25) is 0 Å². The van der Waals surface area contributed by atoms with E-state index in [0.717, 1.165) is 33.9 Å². The lowest BCUT2D eigenvalue weighted by molar-refractivity contribution is 1.28. The van der Waals surface area contributed by atoms with E-state index >= 15 is 0 Å². The zero-order valence-corrected chi connectivity index (χ0v) is 19.1. The van der Waals surface area contributed by atoms with Crippen molar-refractivity contribution in [1.82, 2.24) is 4.98 Å². The molecule has 0 radical (unpaired) electrons. The third-order valence-corrected chi connectivity index (χ3v) is 6.57. The Bertz CT molecular complexity index is 1220. The number of pyridine rings is 1. The summed E-state index contributed by atoms with van der Waals surface area (Å²) < 4.78 is 2.32. The molecule has 33 heavy (non-hydrogen) atoms. The standard InChI is InChI=1S/C29H24N3P/c1-4-12-24(13-5-1)31(25-14-6-2-7-15-25)26-19-21-28(22-20-26)32(27-16-8-3-9-17-27)33-29-18-10-11-23-30-29/h1-23,33H. The Morgan fingerprint density at radius 2 is 0.848 bits per heavy atom. The molecule has 0 amide bonds. The van der Waals surface area contributed by atoms with Gasteiger partial charge in [-0.2, -0.15) is 0 Å². The van der Waals surface area contributed by atoms with Crippen LogP contribution >= 0.6 is 8.73 Å². The van der Waals surface area contributed by atoms with Crippen molar-refractivity contribution in [3.63, 3.8) is 0 Å². The first-order valence-electron chi connectivity index (χ1n) is 10.9. The van der Waals surface area contributed by atoms with Crippen molar-refractivity contribution in [2.45, 2.75) is 0 Å². The minimum absolute atomic E-state index is 0.396. The van der Waals surface area contributed by atoms with Gasteiger partial charge in [-0.05, 0) is 72.8 Å². The molecule has 1 atom stereocenters. The molecule has 0 aliphatic carbocycles. The maximum absolute atomic E-state index is 4.56. The smallest absolute Gasteiger partial charge is 0.0811 e. The predicted molar refractivity (Wildman–Crippen MR) is 142 cm³/mol. The van der Waals surface area contributed by atoms with Gasteiger partial charge in [-0.3, -0.25) is 4.98 Å². The van der Waals surface area contributed by atoms with Crippen molar-refractivity contribution < 1.29 is 0 Å². The number of aromatic nitrogens is 1. The van der Waals surface area contributed by atoms with Crippen LogP contribution < -0.4 is 15.0 Å². The Balaban J connectivity index is 1.52. The molecule has 5 rings (SSSR count). The van der Waals surface area contributed by atoms with Crippen LogP contribution in [0.3, 0.4) is 0 Å². The van der Waals surface area contributed by atoms with Gasteiger partial charge >= 0.3 is 0 Å². The number of hydrogen-bond donors (Lipinski definition) is 0. The summed E-state index contributed by atoms with van der Waals surface area (Å²) in [7, 11) is 0.396. The van der Waals surface area contributed by atoms with E-state index in [1.807, 2.05) is 36.5 Å². The normalized spacial score (nSPS) is 10.9. The molecule has 0 spiro atoms. The van der Waals surface area contributed by atoms with Crippen molar-refractivity contribution in [3.05, 3.63) is 140 Å². The number of rotatable bonds is 7. The molecular weight excluding hydrogens is 421 g/mol. The fourth-order valence-electron chi connectivity index (χ4n) is 3.75. The van der Waals surface area contributed by atoms with Gasteiger partial charge in [0.1, 0.15) is 0 Å². The zero-order chi connectivity index (χ0) is 22.3. The number of hydrogen-bond acceptors (Lipinski definition) is 3. The maximum Gasteiger partial charge on any atom is 0.0811 e. The molecule has 0 bridgehead atoms. The van der Waals surface area contributed by atoms with Crippen LogP contribution in [0.5, 0.6) is 0 Å². The summed E-state index contributed by atoms with van der Waals surface area (Å²) in [4.78, 5) is 6.83. The van der Waals surface area contributed by atoms with Gasteiger partial charge in [-0.25, -0.2) is 0 Å². The lowest BCUT2D eigenvalue weighted by Gasteiger charge is -2.28. The molecular formula is C29H24N3P. The zero-order valence-electron chi connectivity index (χ0n) is 18.1. The molecule has 5 aromatic rings. The van der Waals surface area contributed by atoms with E-state index in [2.05, 4.69) is 118 Å². The Kier molecular flexibility index (Phi) is 6.42. The van der Waals surface area contributed by atoms with Gasteiger partial charge in [-0.15, -0.1) is 0 Å². The SMILES string of the molecule is c1ccc(N(Pc2ccccn2)c2ccc(N(c3ccccc3)c3ccccc3)cc2)cc1. The average molecular weight is 446 g/mol. The summed E-state index contributed by atoms with van der Waals surface area (Å²) in [6, 6.07) is 46.3. The Morgan fingerprint density at radius 1 is 0.424 bits per heavy atom. The summed E-state index contributed by atoms with van der Waals surface area (Å²) in [5.41, 5.74) is 6.72. The fraction of sp³-hybridized carbons (Fsp3) is 0. The third kappa shape index (κ3) is 4.95. The van der Waals surface area contributed by atoms with E-state index < -0.39 is 0 Å². The molecule has 1 unspecified atom stereocenters. The van der Waals surface area contributed by atoms with Gasteiger partial charge < -0.3 is 9.57 Å². The van der Waals surface area contributed by atoms with Crippen LogP contribution in [0.1, 0.15) is 0 Å². The number of benzene rings is 4. The van der Waals surface area contributed by atoms with Gasteiger partial charge in [0.25, 0.3) is 0 Å².